The fourth-order valence-corrected chi connectivity index (χ4v) is 3.03. The van der Waals surface area contributed by atoms with Gasteiger partial charge in [0, 0.05) is 45.3 Å². The Bertz CT molecular complexity index is 687. The Morgan fingerprint density at radius 1 is 1.17 bits per heavy atom. The Morgan fingerprint density at radius 3 is 2.62 bits per heavy atom. The number of anilines is 1. The van der Waals surface area contributed by atoms with E-state index in [-0.39, 0.29) is 5.91 Å². The lowest BCUT2D eigenvalue weighted by Gasteiger charge is -2.34. The van der Waals surface area contributed by atoms with Crippen molar-refractivity contribution in [1.82, 2.24) is 9.80 Å². The normalized spacial score (nSPS) is 15.5. The van der Waals surface area contributed by atoms with E-state index in [1.54, 1.807) is 6.92 Å². The summed E-state index contributed by atoms with van der Waals surface area (Å²) in [5, 5.41) is 3.41. The molecule has 1 aliphatic heterocycles. The molecule has 1 saturated heterocycles. The van der Waals surface area contributed by atoms with Gasteiger partial charge < -0.3 is 14.6 Å². The molecular formula is C19H25N3O2. The summed E-state index contributed by atoms with van der Waals surface area (Å²) in [6.07, 6.45) is 0. The highest BCUT2D eigenvalue weighted by Crippen LogP contribution is 2.16. The Hall–Kier alpha value is -2.27. The average molecular weight is 327 g/mol. The molecule has 0 atom stereocenters. The number of nitrogens with zero attached hydrogens (tertiary/aromatic N) is 2. The Labute approximate surface area is 143 Å². The number of carbonyl (C=O) groups excluding carboxylic acids is 1. The fraction of sp³-hybridized carbons (Fsp3) is 0.421. The number of carbonyl (C=O) groups is 1. The van der Waals surface area contributed by atoms with Crippen LogP contribution in [0.2, 0.25) is 0 Å². The van der Waals surface area contributed by atoms with Crippen LogP contribution in [-0.2, 0) is 17.9 Å². The Kier molecular flexibility index (Phi) is 5.20. The van der Waals surface area contributed by atoms with Crippen molar-refractivity contribution < 1.29 is 9.21 Å². The van der Waals surface area contributed by atoms with E-state index < -0.39 is 0 Å². The van der Waals surface area contributed by atoms with E-state index in [1.807, 2.05) is 24.0 Å². The molecule has 5 nitrogen and oxygen atoms in total. The van der Waals surface area contributed by atoms with Crippen LogP contribution in [-0.4, -0.2) is 41.9 Å². The second kappa shape index (κ2) is 7.53. The molecule has 0 aliphatic carbocycles. The topological polar surface area (TPSA) is 48.7 Å². The van der Waals surface area contributed by atoms with E-state index in [4.69, 9.17) is 4.42 Å². The molecule has 0 radical (unpaired) electrons. The Morgan fingerprint density at radius 2 is 1.96 bits per heavy atom. The van der Waals surface area contributed by atoms with Crippen molar-refractivity contribution in [1.29, 1.82) is 0 Å². The number of furan rings is 1. The highest BCUT2D eigenvalue weighted by Gasteiger charge is 2.18. The average Bonchev–Trinajstić information content (AvgIpc) is 2.99. The molecule has 5 heteroatoms. The lowest BCUT2D eigenvalue weighted by molar-refractivity contribution is -0.130. The van der Waals surface area contributed by atoms with Crippen molar-refractivity contribution in [3.05, 3.63) is 53.5 Å². The van der Waals surface area contributed by atoms with Gasteiger partial charge in [-0.1, -0.05) is 12.1 Å². The standard InChI is InChI=1S/C19H25N3O2/c1-15-6-7-19(24-15)13-20-18-5-3-4-17(12-18)14-21-8-10-22(11-9-21)16(2)23/h3-7,12,20H,8-11,13-14H2,1-2H3. The lowest BCUT2D eigenvalue weighted by Crippen LogP contribution is -2.47. The van der Waals surface area contributed by atoms with Crippen molar-refractivity contribution in [2.45, 2.75) is 26.9 Å². The summed E-state index contributed by atoms with van der Waals surface area (Å²) in [7, 11) is 0. The van der Waals surface area contributed by atoms with E-state index in [1.165, 1.54) is 5.56 Å². The number of benzene rings is 1. The third-order valence-corrected chi connectivity index (χ3v) is 4.41. The minimum atomic E-state index is 0.175. The molecule has 0 saturated carbocycles. The summed E-state index contributed by atoms with van der Waals surface area (Å²) < 4.78 is 5.58. The van der Waals surface area contributed by atoms with Gasteiger partial charge in [-0.15, -0.1) is 0 Å². The number of hydrogen-bond acceptors (Lipinski definition) is 4. The maximum atomic E-state index is 11.4. The van der Waals surface area contributed by atoms with Crippen LogP contribution >= 0.6 is 0 Å². The molecule has 128 valence electrons. The summed E-state index contributed by atoms with van der Waals surface area (Å²) in [5.41, 5.74) is 2.39. The third-order valence-electron chi connectivity index (χ3n) is 4.41. The van der Waals surface area contributed by atoms with Crippen LogP contribution in [0, 0.1) is 6.92 Å². The highest BCUT2D eigenvalue weighted by molar-refractivity contribution is 5.73. The van der Waals surface area contributed by atoms with Crippen LogP contribution in [0.4, 0.5) is 5.69 Å². The first-order valence-corrected chi connectivity index (χ1v) is 8.46. The first-order chi connectivity index (χ1) is 11.6. The van der Waals surface area contributed by atoms with Crippen molar-refractivity contribution in [2.24, 2.45) is 0 Å². The first kappa shape index (κ1) is 16.6. The van der Waals surface area contributed by atoms with Crippen LogP contribution in [0.15, 0.2) is 40.8 Å². The van der Waals surface area contributed by atoms with E-state index >= 15 is 0 Å². The second-order valence-electron chi connectivity index (χ2n) is 6.35. The maximum absolute atomic E-state index is 11.4. The summed E-state index contributed by atoms with van der Waals surface area (Å²) >= 11 is 0. The van der Waals surface area contributed by atoms with Gasteiger partial charge in [0.1, 0.15) is 11.5 Å². The predicted octanol–water partition coefficient (Wildman–Crippen LogP) is 2.86. The quantitative estimate of drug-likeness (QED) is 0.917. The lowest BCUT2D eigenvalue weighted by atomic mass is 10.1. The van der Waals surface area contributed by atoms with Gasteiger partial charge >= 0.3 is 0 Å². The molecule has 1 aromatic carbocycles. The number of nitrogens with one attached hydrogen (secondary N) is 1. The molecule has 1 amide bonds. The molecule has 2 aromatic rings. The minimum Gasteiger partial charge on any atom is -0.465 e. The van der Waals surface area contributed by atoms with Gasteiger partial charge in [-0.05, 0) is 36.8 Å². The van der Waals surface area contributed by atoms with Gasteiger partial charge in [0.2, 0.25) is 5.91 Å². The third kappa shape index (κ3) is 4.38. The highest BCUT2D eigenvalue weighted by atomic mass is 16.3. The van der Waals surface area contributed by atoms with Crippen LogP contribution < -0.4 is 5.32 Å². The number of piperazine rings is 1. The van der Waals surface area contributed by atoms with Crippen molar-refractivity contribution in [3.8, 4) is 0 Å². The summed E-state index contributed by atoms with van der Waals surface area (Å²) in [6.45, 7) is 8.72. The summed E-state index contributed by atoms with van der Waals surface area (Å²) in [6, 6.07) is 12.5. The molecule has 24 heavy (non-hydrogen) atoms. The molecule has 1 aromatic heterocycles. The maximum Gasteiger partial charge on any atom is 0.219 e. The SMILES string of the molecule is CC(=O)N1CCN(Cc2cccc(NCc3ccc(C)o3)c2)CC1. The van der Waals surface area contributed by atoms with Gasteiger partial charge in [0.05, 0.1) is 6.54 Å². The first-order valence-electron chi connectivity index (χ1n) is 8.46. The number of hydrogen-bond donors (Lipinski definition) is 1. The van der Waals surface area contributed by atoms with Crippen LogP contribution in [0.1, 0.15) is 24.0 Å². The van der Waals surface area contributed by atoms with Gasteiger partial charge in [0.25, 0.3) is 0 Å². The van der Waals surface area contributed by atoms with Gasteiger partial charge in [-0.25, -0.2) is 0 Å². The molecule has 0 bridgehead atoms. The molecule has 3 rings (SSSR count). The summed E-state index contributed by atoms with van der Waals surface area (Å²) in [5.74, 6) is 2.05. The van der Waals surface area contributed by atoms with Gasteiger partial charge in [0.15, 0.2) is 0 Å². The van der Waals surface area contributed by atoms with E-state index in [0.717, 1.165) is 49.9 Å². The van der Waals surface area contributed by atoms with E-state index in [0.29, 0.717) is 6.54 Å². The molecule has 1 N–H and O–H groups in total. The molecule has 2 heterocycles. The number of rotatable bonds is 5. The predicted molar refractivity (Wildman–Crippen MR) is 94.7 cm³/mol. The van der Waals surface area contributed by atoms with Gasteiger partial charge in [-0.3, -0.25) is 9.69 Å². The zero-order valence-corrected chi connectivity index (χ0v) is 14.4. The van der Waals surface area contributed by atoms with E-state index in [9.17, 15) is 4.79 Å². The zero-order valence-electron chi connectivity index (χ0n) is 14.4. The molecule has 0 spiro atoms. The summed E-state index contributed by atoms with van der Waals surface area (Å²) in [4.78, 5) is 15.7. The molecule has 1 fully saturated rings. The molecule has 0 unspecified atom stereocenters. The Balaban J connectivity index is 1.52. The molecule has 1 aliphatic rings. The van der Waals surface area contributed by atoms with Crippen molar-refractivity contribution >= 4 is 11.6 Å². The zero-order chi connectivity index (χ0) is 16.9. The smallest absolute Gasteiger partial charge is 0.219 e. The number of amides is 1. The van der Waals surface area contributed by atoms with Crippen LogP contribution in [0.5, 0.6) is 0 Å². The number of aryl methyl sites for hydroxylation is 1. The minimum absolute atomic E-state index is 0.175. The second-order valence-corrected chi connectivity index (χ2v) is 6.35. The van der Waals surface area contributed by atoms with Crippen LogP contribution in [0.25, 0.3) is 0 Å². The van der Waals surface area contributed by atoms with Crippen LogP contribution in [0.3, 0.4) is 0 Å². The fourth-order valence-electron chi connectivity index (χ4n) is 3.03. The van der Waals surface area contributed by atoms with E-state index in [2.05, 4.69) is 34.5 Å². The van der Waals surface area contributed by atoms with Gasteiger partial charge in [-0.2, -0.15) is 0 Å². The van der Waals surface area contributed by atoms with Crippen molar-refractivity contribution in [3.63, 3.8) is 0 Å². The monoisotopic (exact) mass is 327 g/mol. The van der Waals surface area contributed by atoms with Crippen molar-refractivity contribution in [2.75, 3.05) is 31.5 Å². The molecular weight excluding hydrogens is 302 g/mol. The largest absolute Gasteiger partial charge is 0.465 e.